The number of anilines is 2. The largest absolute Gasteiger partial charge is 0.449 e. The Kier molecular flexibility index (Phi) is 5.42. The topological polar surface area (TPSA) is 125 Å². The predicted molar refractivity (Wildman–Crippen MR) is 92.2 cm³/mol. The van der Waals surface area contributed by atoms with Crippen molar-refractivity contribution < 1.29 is 19.1 Å². The van der Waals surface area contributed by atoms with Gasteiger partial charge in [-0.2, -0.15) is 0 Å². The third-order valence-electron chi connectivity index (χ3n) is 3.05. The van der Waals surface area contributed by atoms with E-state index in [0.717, 1.165) is 11.3 Å². The number of hydrogen-bond acceptors (Lipinski definition) is 6. The summed E-state index contributed by atoms with van der Waals surface area (Å²) >= 11 is 6.90. The van der Waals surface area contributed by atoms with Gasteiger partial charge in [-0.15, -0.1) is 11.3 Å². The fourth-order valence-electron chi connectivity index (χ4n) is 1.81. The van der Waals surface area contributed by atoms with E-state index >= 15 is 0 Å². The highest BCUT2D eigenvalue weighted by molar-refractivity contribution is 7.14. The molecule has 0 fully saturated rings. The molecule has 2 aromatic rings. The molecule has 0 saturated heterocycles. The summed E-state index contributed by atoms with van der Waals surface area (Å²) in [5.74, 6) is -2.01. The van der Waals surface area contributed by atoms with Gasteiger partial charge in [-0.1, -0.05) is 11.6 Å². The summed E-state index contributed by atoms with van der Waals surface area (Å²) in [6.45, 7) is 1.40. The van der Waals surface area contributed by atoms with Crippen LogP contribution in [-0.2, 0) is 9.53 Å². The lowest BCUT2D eigenvalue weighted by molar-refractivity contribution is -0.123. The molecule has 7 nitrogen and oxygen atoms in total. The molecular formula is C15H14ClN3O4S. The Morgan fingerprint density at radius 1 is 1.25 bits per heavy atom. The molecule has 1 aromatic heterocycles. The zero-order valence-electron chi connectivity index (χ0n) is 12.5. The number of halogens is 1. The average molecular weight is 368 g/mol. The number of amides is 2. The Balaban J connectivity index is 2.04. The van der Waals surface area contributed by atoms with Crippen LogP contribution in [0.4, 0.5) is 10.7 Å². The van der Waals surface area contributed by atoms with Gasteiger partial charge in [-0.05, 0) is 36.6 Å². The fourth-order valence-corrected chi connectivity index (χ4v) is 2.79. The van der Waals surface area contributed by atoms with E-state index in [4.69, 9.17) is 27.8 Å². The SMILES string of the molecule is C[C@@H](OC(=O)c1ccc(Cl)cc1N)C(=O)Nc1sccc1C(N)=O. The van der Waals surface area contributed by atoms with Crippen LogP contribution in [0.3, 0.4) is 0 Å². The summed E-state index contributed by atoms with van der Waals surface area (Å²) in [5, 5.41) is 4.79. The first-order valence-corrected chi connectivity index (χ1v) is 7.99. The van der Waals surface area contributed by atoms with Gasteiger partial charge in [-0.3, -0.25) is 9.59 Å². The molecule has 1 heterocycles. The Hall–Kier alpha value is -2.58. The number of nitrogens with two attached hydrogens (primary N) is 2. The maximum absolute atomic E-state index is 12.1. The van der Waals surface area contributed by atoms with E-state index in [1.807, 2.05) is 0 Å². The molecule has 0 radical (unpaired) electrons. The maximum Gasteiger partial charge on any atom is 0.341 e. The van der Waals surface area contributed by atoms with Gasteiger partial charge in [0.15, 0.2) is 6.10 Å². The third kappa shape index (κ3) is 4.03. The molecule has 0 spiro atoms. The van der Waals surface area contributed by atoms with Crippen LogP contribution in [0.15, 0.2) is 29.6 Å². The Bertz CT molecular complexity index is 806. The van der Waals surface area contributed by atoms with Gasteiger partial charge < -0.3 is 21.5 Å². The maximum atomic E-state index is 12.1. The van der Waals surface area contributed by atoms with Crippen LogP contribution in [-0.4, -0.2) is 23.9 Å². The lowest BCUT2D eigenvalue weighted by atomic mass is 10.2. The molecule has 24 heavy (non-hydrogen) atoms. The van der Waals surface area contributed by atoms with Crippen molar-refractivity contribution in [1.29, 1.82) is 0 Å². The van der Waals surface area contributed by atoms with E-state index in [-0.39, 0.29) is 16.8 Å². The minimum absolute atomic E-state index is 0.105. The number of esters is 1. The highest BCUT2D eigenvalue weighted by Crippen LogP contribution is 2.23. The zero-order valence-corrected chi connectivity index (χ0v) is 14.1. The van der Waals surface area contributed by atoms with Gasteiger partial charge in [0.05, 0.1) is 11.1 Å². The summed E-state index contributed by atoms with van der Waals surface area (Å²) in [6.07, 6.45) is -1.10. The molecular weight excluding hydrogens is 354 g/mol. The average Bonchev–Trinajstić information content (AvgIpc) is 2.95. The Morgan fingerprint density at radius 3 is 2.58 bits per heavy atom. The van der Waals surface area contributed by atoms with E-state index in [1.54, 1.807) is 5.38 Å². The van der Waals surface area contributed by atoms with Crippen molar-refractivity contribution >= 4 is 51.4 Å². The van der Waals surface area contributed by atoms with Crippen molar-refractivity contribution in [3.05, 3.63) is 45.8 Å². The zero-order chi connectivity index (χ0) is 17.9. The normalized spacial score (nSPS) is 11.6. The van der Waals surface area contributed by atoms with Gasteiger partial charge in [0.1, 0.15) is 5.00 Å². The van der Waals surface area contributed by atoms with Crippen LogP contribution < -0.4 is 16.8 Å². The molecule has 2 amide bonds. The number of nitrogens with one attached hydrogen (secondary N) is 1. The first kappa shape index (κ1) is 17.8. The molecule has 0 unspecified atom stereocenters. The molecule has 1 atom stereocenters. The predicted octanol–water partition coefficient (Wildman–Crippen LogP) is 2.27. The van der Waals surface area contributed by atoms with Gasteiger partial charge in [0.2, 0.25) is 0 Å². The number of carbonyl (C=O) groups is 3. The lowest BCUT2D eigenvalue weighted by Gasteiger charge is -2.14. The van der Waals surface area contributed by atoms with Crippen molar-refractivity contribution in [2.75, 3.05) is 11.1 Å². The molecule has 126 valence electrons. The fraction of sp³-hybridized carbons (Fsp3) is 0.133. The minimum atomic E-state index is -1.10. The monoisotopic (exact) mass is 367 g/mol. The van der Waals surface area contributed by atoms with Crippen LogP contribution in [0.1, 0.15) is 27.6 Å². The van der Waals surface area contributed by atoms with Crippen LogP contribution in [0.5, 0.6) is 0 Å². The van der Waals surface area contributed by atoms with E-state index < -0.39 is 23.9 Å². The highest BCUT2D eigenvalue weighted by atomic mass is 35.5. The van der Waals surface area contributed by atoms with Crippen molar-refractivity contribution in [3.63, 3.8) is 0 Å². The molecule has 5 N–H and O–H groups in total. The summed E-state index contributed by atoms with van der Waals surface area (Å²) in [5.41, 5.74) is 11.3. The molecule has 0 bridgehead atoms. The summed E-state index contributed by atoms with van der Waals surface area (Å²) in [4.78, 5) is 35.4. The number of nitrogen functional groups attached to an aromatic ring is 1. The number of rotatable bonds is 5. The number of carbonyl (C=O) groups excluding carboxylic acids is 3. The van der Waals surface area contributed by atoms with Crippen LogP contribution in [0.25, 0.3) is 0 Å². The second-order valence-corrected chi connectivity index (χ2v) is 6.15. The smallest absolute Gasteiger partial charge is 0.341 e. The standard InChI is InChI=1S/C15H14ClN3O4S/c1-7(13(21)19-14-10(12(18)20)4-5-24-14)23-15(22)9-3-2-8(16)6-11(9)17/h2-7H,17H2,1H3,(H2,18,20)(H,19,21)/t7-/m1/s1. The van der Waals surface area contributed by atoms with Crippen LogP contribution >= 0.6 is 22.9 Å². The summed E-state index contributed by atoms with van der Waals surface area (Å²) in [6, 6.07) is 5.81. The third-order valence-corrected chi connectivity index (χ3v) is 4.12. The van der Waals surface area contributed by atoms with Gasteiger partial charge in [-0.25, -0.2) is 4.79 Å². The molecule has 0 saturated carbocycles. The lowest BCUT2D eigenvalue weighted by Crippen LogP contribution is -2.30. The summed E-state index contributed by atoms with van der Waals surface area (Å²) in [7, 11) is 0. The van der Waals surface area contributed by atoms with Crippen LogP contribution in [0.2, 0.25) is 5.02 Å². The van der Waals surface area contributed by atoms with Crippen molar-refractivity contribution in [1.82, 2.24) is 0 Å². The highest BCUT2D eigenvalue weighted by Gasteiger charge is 2.22. The van der Waals surface area contributed by atoms with E-state index in [1.165, 1.54) is 31.2 Å². The quantitative estimate of drug-likeness (QED) is 0.552. The van der Waals surface area contributed by atoms with E-state index in [9.17, 15) is 14.4 Å². The van der Waals surface area contributed by atoms with Crippen LogP contribution in [0, 0.1) is 0 Å². The van der Waals surface area contributed by atoms with Crippen molar-refractivity contribution in [2.24, 2.45) is 5.73 Å². The second kappa shape index (κ2) is 7.33. The molecule has 9 heteroatoms. The number of benzene rings is 1. The minimum Gasteiger partial charge on any atom is -0.449 e. The van der Waals surface area contributed by atoms with Gasteiger partial charge in [0.25, 0.3) is 11.8 Å². The number of primary amides is 1. The van der Waals surface area contributed by atoms with E-state index in [2.05, 4.69) is 5.32 Å². The van der Waals surface area contributed by atoms with Gasteiger partial charge >= 0.3 is 5.97 Å². The summed E-state index contributed by atoms with van der Waals surface area (Å²) < 4.78 is 5.08. The van der Waals surface area contributed by atoms with E-state index in [0.29, 0.717) is 10.0 Å². The van der Waals surface area contributed by atoms with Crippen molar-refractivity contribution in [2.45, 2.75) is 13.0 Å². The molecule has 0 aliphatic carbocycles. The first-order valence-electron chi connectivity index (χ1n) is 6.73. The molecule has 1 aromatic carbocycles. The first-order chi connectivity index (χ1) is 11.3. The molecule has 0 aliphatic heterocycles. The second-order valence-electron chi connectivity index (χ2n) is 4.80. The van der Waals surface area contributed by atoms with Crippen molar-refractivity contribution in [3.8, 4) is 0 Å². The Morgan fingerprint density at radius 2 is 1.96 bits per heavy atom. The number of thiophene rings is 1. The number of hydrogen-bond donors (Lipinski definition) is 3. The van der Waals surface area contributed by atoms with Gasteiger partial charge in [0, 0.05) is 10.7 Å². The molecule has 2 rings (SSSR count). The Labute approximate surface area is 146 Å². The molecule has 0 aliphatic rings. The number of ether oxygens (including phenoxy) is 1.